The summed E-state index contributed by atoms with van der Waals surface area (Å²) in [5, 5.41) is 2.97. The van der Waals surface area contributed by atoms with Gasteiger partial charge in [0.15, 0.2) is 0 Å². The van der Waals surface area contributed by atoms with Crippen molar-refractivity contribution in [2.45, 2.75) is 39.2 Å². The molecule has 0 aliphatic rings. The predicted octanol–water partition coefficient (Wildman–Crippen LogP) is 2.33. The number of hydrogen-bond acceptors (Lipinski definition) is 3. The van der Waals surface area contributed by atoms with E-state index in [9.17, 15) is 4.79 Å². The summed E-state index contributed by atoms with van der Waals surface area (Å²) >= 11 is 0. The highest BCUT2D eigenvalue weighted by molar-refractivity contribution is 5.97. The molecular weight excluding hydrogens is 240 g/mol. The number of unbranched alkanes of at least 4 members (excludes halogenated alkanes) is 1. The number of para-hydroxylation sites is 1. The summed E-state index contributed by atoms with van der Waals surface area (Å²) in [5.41, 5.74) is 6.26. The SMILES string of the molecule is CCCCC(CN)NC(=O)c1ccccc1OCC. The lowest BCUT2D eigenvalue weighted by atomic mass is 10.1. The Morgan fingerprint density at radius 1 is 1.37 bits per heavy atom. The van der Waals surface area contributed by atoms with Gasteiger partial charge in [-0.15, -0.1) is 0 Å². The molecule has 1 amide bonds. The normalized spacial score (nSPS) is 11.9. The van der Waals surface area contributed by atoms with Gasteiger partial charge in [0.2, 0.25) is 0 Å². The highest BCUT2D eigenvalue weighted by atomic mass is 16.5. The zero-order valence-electron chi connectivity index (χ0n) is 11.8. The summed E-state index contributed by atoms with van der Waals surface area (Å²) < 4.78 is 5.46. The van der Waals surface area contributed by atoms with Crippen molar-refractivity contribution in [1.82, 2.24) is 5.32 Å². The molecule has 4 heteroatoms. The number of amides is 1. The van der Waals surface area contributed by atoms with Crippen LogP contribution in [0.5, 0.6) is 5.75 Å². The Labute approximate surface area is 115 Å². The first-order chi connectivity index (χ1) is 9.22. The third kappa shape index (κ3) is 4.91. The van der Waals surface area contributed by atoms with Gasteiger partial charge in [0, 0.05) is 12.6 Å². The topological polar surface area (TPSA) is 64.3 Å². The molecule has 1 aromatic carbocycles. The molecule has 0 fully saturated rings. The highest BCUT2D eigenvalue weighted by Crippen LogP contribution is 2.18. The maximum atomic E-state index is 12.2. The van der Waals surface area contributed by atoms with Crippen LogP contribution in [0, 0.1) is 0 Å². The maximum absolute atomic E-state index is 12.2. The Balaban J connectivity index is 2.71. The lowest BCUT2D eigenvalue weighted by Gasteiger charge is -2.17. The van der Waals surface area contributed by atoms with Crippen molar-refractivity contribution >= 4 is 5.91 Å². The second-order valence-corrected chi connectivity index (χ2v) is 4.48. The quantitative estimate of drug-likeness (QED) is 0.757. The number of nitrogens with one attached hydrogen (secondary N) is 1. The molecule has 0 saturated carbocycles. The van der Waals surface area contributed by atoms with Crippen molar-refractivity contribution in [3.8, 4) is 5.75 Å². The smallest absolute Gasteiger partial charge is 0.255 e. The summed E-state index contributed by atoms with van der Waals surface area (Å²) in [4.78, 5) is 12.2. The summed E-state index contributed by atoms with van der Waals surface area (Å²) in [6, 6.07) is 7.30. The molecule has 0 aliphatic heterocycles. The van der Waals surface area contributed by atoms with Crippen molar-refractivity contribution in [3.63, 3.8) is 0 Å². The van der Waals surface area contributed by atoms with E-state index in [4.69, 9.17) is 10.5 Å². The van der Waals surface area contributed by atoms with Gasteiger partial charge in [0.05, 0.1) is 12.2 Å². The molecule has 0 aliphatic carbocycles. The molecule has 1 unspecified atom stereocenters. The second-order valence-electron chi connectivity index (χ2n) is 4.48. The first kappa shape index (κ1) is 15.5. The van der Waals surface area contributed by atoms with Crippen LogP contribution in [-0.2, 0) is 0 Å². The van der Waals surface area contributed by atoms with Gasteiger partial charge in [-0.2, -0.15) is 0 Å². The van der Waals surface area contributed by atoms with E-state index >= 15 is 0 Å². The molecule has 0 bridgehead atoms. The Morgan fingerprint density at radius 2 is 2.11 bits per heavy atom. The minimum Gasteiger partial charge on any atom is -0.493 e. The van der Waals surface area contributed by atoms with Crippen LogP contribution in [0.2, 0.25) is 0 Å². The second kappa shape index (κ2) is 8.53. The first-order valence-corrected chi connectivity index (χ1v) is 6.95. The molecule has 0 aromatic heterocycles. The average Bonchev–Trinajstić information content (AvgIpc) is 2.44. The zero-order chi connectivity index (χ0) is 14.1. The number of carbonyl (C=O) groups is 1. The predicted molar refractivity (Wildman–Crippen MR) is 77.4 cm³/mol. The molecule has 1 atom stereocenters. The summed E-state index contributed by atoms with van der Waals surface area (Å²) in [6.45, 7) is 5.03. The molecule has 0 spiro atoms. The molecular formula is C15H24N2O2. The third-order valence-corrected chi connectivity index (χ3v) is 2.96. The van der Waals surface area contributed by atoms with E-state index in [1.165, 1.54) is 0 Å². The van der Waals surface area contributed by atoms with Gasteiger partial charge in [-0.05, 0) is 25.5 Å². The Hall–Kier alpha value is -1.55. The number of hydrogen-bond donors (Lipinski definition) is 2. The van der Waals surface area contributed by atoms with Gasteiger partial charge in [-0.25, -0.2) is 0 Å². The van der Waals surface area contributed by atoms with E-state index in [1.54, 1.807) is 6.07 Å². The molecule has 106 valence electrons. The lowest BCUT2D eigenvalue weighted by molar-refractivity contribution is 0.0932. The van der Waals surface area contributed by atoms with E-state index in [0.29, 0.717) is 24.5 Å². The zero-order valence-corrected chi connectivity index (χ0v) is 11.8. The number of carbonyl (C=O) groups excluding carboxylic acids is 1. The van der Waals surface area contributed by atoms with E-state index < -0.39 is 0 Å². The minimum atomic E-state index is -0.115. The van der Waals surface area contributed by atoms with Gasteiger partial charge in [0.1, 0.15) is 5.75 Å². The Morgan fingerprint density at radius 3 is 2.74 bits per heavy atom. The first-order valence-electron chi connectivity index (χ1n) is 6.95. The van der Waals surface area contributed by atoms with Crippen LogP contribution < -0.4 is 15.8 Å². The van der Waals surface area contributed by atoms with Crippen LogP contribution in [0.1, 0.15) is 43.5 Å². The van der Waals surface area contributed by atoms with E-state index in [-0.39, 0.29) is 11.9 Å². The summed E-state index contributed by atoms with van der Waals surface area (Å²) in [7, 11) is 0. The Bertz CT molecular complexity index is 393. The highest BCUT2D eigenvalue weighted by Gasteiger charge is 2.15. The van der Waals surface area contributed by atoms with E-state index in [0.717, 1.165) is 19.3 Å². The molecule has 0 saturated heterocycles. The van der Waals surface area contributed by atoms with Crippen molar-refractivity contribution in [2.75, 3.05) is 13.2 Å². The van der Waals surface area contributed by atoms with Crippen molar-refractivity contribution in [3.05, 3.63) is 29.8 Å². The van der Waals surface area contributed by atoms with Crippen LogP contribution in [-0.4, -0.2) is 25.1 Å². The van der Waals surface area contributed by atoms with E-state index in [2.05, 4.69) is 12.2 Å². The van der Waals surface area contributed by atoms with Gasteiger partial charge < -0.3 is 15.8 Å². The van der Waals surface area contributed by atoms with Gasteiger partial charge >= 0.3 is 0 Å². The summed E-state index contributed by atoms with van der Waals surface area (Å²) in [5.74, 6) is 0.504. The van der Waals surface area contributed by atoms with Gasteiger partial charge in [-0.3, -0.25) is 4.79 Å². The maximum Gasteiger partial charge on any atom is 0.255 e. The molecule has 3 N–H and O–H groups in total. The number of ether oxygens (including phenoxy) is 1. The molecule has 1 rings (SSSR count). The molecule has 0 heterocycles. The third-order valence-electron chi connectivity index (χ3n) is 2.96. The van der Waals surface area contributed by atoms with Crippen molar-refractivity contribution in [2.24, 2.45) is 5.73 Å². The standard InChI is InChI=1S/C15H24N2O2/c1-3-5-8-12(11-16)17-15(18)13-9-6-7-10-14(13)19-4-2/h6-7,9-10,12H,3-5,8,11,16H2,1-2H3,(H,17,18). The van der Waals surface area contributed by atoms with E-state index in [1.807, 2.05) is 25.1 Å². The molecule has 4 nitrogen and oxygen atoms in total. The average molecular weight is 264 g/mol. The Kier molecular flexibility index (Phi) is 6.97. The lowest BCUT2D eigenvalue weighted by Crippen LogP contribution is -2.40. The fourth-order valence-corrected chi connectivity index (χ4v) is 1.90. The molecule has 19 heavy (non-hydrogen) atoms. The number of rotatable bonds is 8. The summed E-state index contributed by atoms with van der Waals surface area (Å²) in [6.07, 6.45) is 3.08. The monoisotopic (exact) mass is 264 g/mol. The fraction of sp³-hybridized carbons (Fsp3) is 0.533. The van der Waals surface area contributed by atoms with Crippen molar-refractivity contribution < 1.29 is 9.53 Å². The van der Waals surface area contributed by atoms with Crippen LogP contribution >= 0.6 is 0 Å². The molecule has 1 aromatic rings. The largest absolute Gasteiger partial charge is 0.493 e. The number of nitrogens with two attached hydrogens (primary N) is 1. The number of benzene rings is 1. The fourth-order valence-electron chi connectivity index (χ4n) is 1.90. The molecule has 0 radical (unpaired) electrons. The minimum absolute atomic E-state index is 0.0298. The van der Waals surface area contributed by atoms with Crippen LogP contribution in [0.4, 0.5) is 0 Å². The van der Waals surface area contributed by atoms with Crippen LogP contribution in [0.25, 0.3) is 0 Å². The van der Waals surface area contributed by atoms with Gasteiger partial charge in [0.25, 0.3) is 5.91 Å². The van der Waals surface area contributed by atoms with Crippen LogP contribution in [0.3, 0.4) is 0 Å². The van der Waals surface area contributed by atoms with Gasteiger partial charge in [-0.1, -0.05) is 31.9 Å². The van der Waals surface area contributed by atoms with Crippen LogP contribution in [0.15, 0.2) is 24.3 Å². The van der Waals surface area contributed by atoms with Crippen molar-refractivity contribution in [1.29, 1.82) is 0 Å².